The van der Waals surface area contributed by atoms with Crippen molar-refractivity contribution in [3.8, 4) is 0 Å². The van der Waals surface area contributed by atoms with E-state index in [-0.39, 0.29) is 0 Å². The van der Waals surface area contributed by atoms with Crippen LogP contribution in [0.3, 0.4) is 0 Å². The molecule has 0 fully saturated rings. The largest absolute Gasteiger partial charge is 0.0885 e. The minimum Gasteiger partial charge on any atom is -0.0885 e. The maximum atomic E-state index is 2.46. The summed E-state index contributed by atoms with van der Waals surface area (Å²) in [6, 6.07) is 0. The fourth-order valence-corrected chi connectivity index (χ4v) is 5.63. The molecule has 0 heterocycles. The Bertz CT molecular complexity index is 406. The van der Waals surface area contributed by atoms with E-state index in [1.807, 2.05) is 0 Å². The molecule has 0 saturated carbocycles. The number of rotatable bonds is 32. The monoisotopic (exact) mass is 519 g/mol. The zero-order valence-corrected chi connectivity index (χ0v) is 26.7. The lowest BCUT2D eigenvalue weighted by atomic mass is 10.0. The minimum absolute atomic E-state index is 0.895. The van der Waals surface area contributed by atoms with Gasteiger partial charge in [-0.15, -0.1) is 0 Å². The highest BCUT2D eigenvalue weighted by molar-refractivity contribution is 4.81. The van der Waals surface area contributed by atoms with Crippen molar-refractivity contribution >= 4 is 0 Å². The predicted molar refractivity (Wildman–Crippen MR) is 173 cm³/mol. The molecule has 0 N–H and O–H groups in total. The molecule has 0 aliphatic rings. The van der Waals surface area contributed by atoms with Crippen LogP contribution in [0.25, 0.3) is 0 Å². The Kier molecular flexibility index (Phi) is 33.5. The summed E-state index contributed by atoms with van der Waals surface area (Å²) >= 11 is 0. The Balaban J connectivity index is 3.07. The molecule has 222 valence electrons. The summed E-state index contributed by atoms with van der Waals surface area (Å²) in [5.41, 5.74) is 0. The fourth-order valence-electron chi connectivity index (χ4n) is 5.63. The quantitative estimate of drug-likeness (QED) is 0.0613. The first-order valence-corrected chi connectivity index (χ1v) is 17.9. The second kappa shape index (κ2) is 33.8. The van der Waals surface area contributed by atoms with Gasteiger partial charge in [0.15, 0.2) is 0 Å². The van der Waals surface area contributed by atoms with E-state index >= 15 is 0 Å². The van der Waals surface area contributed by atoms with Crippen molar-refractivity contribution < 1.29 is 0 Å². The van der Waals surface area contributed by atoms with Crippen molar-refractivity contribution in [1.29, 1.82) is 0 Å². The van der Waals surface area contributed by atoms with Crippen molar-refractivity contribution in [2.45, 2.75) is 220 Å². The van der Waals surface area contributed by atoms with Gasteiger partial charge in [0.05, 0.1) is 0 Å². The molecule has 0 amide bonds. The SMILES string of the molecule is CCCCCCCCCCCC=CCCCCCCCCCCCCCCCCCCCCCC(C)C. The number of unbranched alkanes of at least 4 members (excludes halogenated alkanes) is 28. The lowest BCUT2D eigenvalue weighted by molar-refractivity contribution is 0.501. The highest BCUT2D eigenvalue weighted by Gasteiger charge is 1.97. The molecule has 0 aromatic heterocycles. The molecule has 0 radical (unpaired) electrons. The van der Waals surface area contributed by atoms with Crippen LogP contribution < -0.4 is 0 Å². The first kappa shape index (κ1) is 36.7. The lowest BCUT2D eigenvalue weighted by Crippen LogP contribution is -1.87. The molecule has 0 saturated heterocycles. The van der Waals surface area contributed by atoms with Crippen LogP contribution in [-0.2, 0) is 0 Å². The first-order chi connectivity index (χ1) is 18.3. The van der Waals surface area contributed by atoms with Crippen LogP contribution in [0.15, 0.2) is 12.2 Å². The topological polar surface area (TPSA) is 0 Å². The Labute approximate surface area is 237 Å². The summed E-state index contributed by atoms with van der Waals surface area (Å²) in [4.78, 5) is 0. The molecule has 0 aromatic carbocycles. The summed E-state index contributed by atoms with van der Waals surface area (Å²) in [6.07, 6.45) is 49.9. The van der Waals surface area contributed by atoms with E-state index in [4.69, 9.17) is 0 Å². The predicted octanol–water partition coefficient (Wildman–Crippen LogP) is 14.3. The van der Waals surface area contributed by atoms with Crippen molar-refractivity contribution in [1.82, 2.24) is 0 Å². The van der Waals surface area contributed by atoms with Gasteiger partial charge in [-0.2, -0.15) is 0 Å². The van der Waals surface area contributed by atoms with Crippen LogP contribution in [0.4, 0.5) is 0 Å². The van der Waals surface area contributed by atoms with E-state index < -0.39 is 0 Å². The normalized spacial score (nSPS) is 11.9. The van der Waals surface area contributed by atoms with Gasteiger partial charge in [-0.3, -0.25) is 0 Å². The molecule has 0 rings (SSSR count). The number of allylic oxidation sites excluding steroid dienone is 2. The number of hydrogen-bond donors (Lipinski definition) is 0. The smallest absolute Gasteiger partial charge is 0.0351 e. The average molecular weight is 519 g/mol. The van der Waals surface area contributed by atoms with E-state index in [0.717, 1.165) is 5.92 Å². The van der Waals surface area contributed by atoms with Crippen LogP contribution in [0.5, 0.6) is 0 Å². The van der Waals surface area contributed by atoms with Crippen LogP contribution in [-0.4, -0.2) is 0 Å². The summed E-state index contributed by atoms with van der Waals surface area (Å²) in [7, 11) is 0. The molecule has 37 heavy (non-hydrogen) atoms. The van der Waals surface area contributed by atoms with Crippen LogP contribution in [0.2, 0.25) is 0 Å². The van der Waals surface area contributed by atoms with Gasteiger partial charge < -0.3 is 0 Å². The molecular weight excluding hydrogens is 444 g/mol. The summed E-state index contributed by atoms with van der Waals surface area (Å²) < 4.78 is 0. The third kappa shape index (κ3) is 35.7. The third-order valence-corrected chi connectivity index (χ3v) is 8.29. The first-order valence-electron chi connectivity index (χ1n) is 17.9. The van der Waals surface area contributed by atoms with E-state index in [2.05, 4.69) is 32.9 Å². The van der Waals surface area contributed by atoms with Gasteiger partial charge in [-0.1, -0.05) is 206 Å². The zero-order chi connectivity index (χ0) is 26.9. The maximum Gasteiger partial charge on any atom is -0.0351 e. The summed E-state index contributed by atoms with van der Waals surface area (Å²) in [5.74, 6) is 0.895. The van der Waals surface area contributed by atoms with Gasteiger partial charge in [-0.25, -0.2) is 0 Å². The summed E-state index contributed by atoms with van der Waals surface area (Å²) in [5, 5.41) is 0. The van der Waals surface area contributed by atoms with Gasteiger partial charge in [0, 0.05) is 0 Å². The molecule has 0 spiro atoms. The molecule has 0 aliphatic carbocycles. The Morgan fingerprint density at radius 1 is 0.324 bits per heavy atom. The van der Waals surface area contributed by atoms with Crippen LogP contribution in [0.1, 0.15) is 220 Å². The van der Waals surface area contributed by atoms with Gasteiger partial charge in [-0.05, 0) is 31.6 Å². The molecule has 0 unspecified atom stereocenters. The maximum absolute atomic E-state index is 2.46. The van der Waals surface area contributed by atoms with Gasteiger partial charge in [0.2, 0.25) is 0 Å². The summed E-state index contributed by atoms with van der Waals surface area (Å²) in [6.45, 7) is 7.00. The molecule has 0 heteroatoms. The molecule has 0 nitrogen and oxygen atoms in total. The Hall–Kier alpha value is -0.260. The Morgan fingerprint density at radius 3 is 0.838 bits per heavy atom. The zero-order valence-electron chi connectivity index (χ0n) is 26.7. The van der Waals surface area contributed by atoms with Crippen LogP contribution in [0, 0.1) is 5.92 Å². The second-order valence-electron chi connectivity index (χ2n) is 12.8. The van der Waals surface area contributed by atoms with E-state index in [9.17, 15) is 0 Å². The fraction of sp³-hybridized carbons (Fsp3) is 0.946. The van der Waals surface area contributed by atoms with Gasteiger partial charge in [0.1, 0.15) is 0 Å². The van der Waals surface area contributed by atoms with Crippen molar-refractivity contribution in [2.24, 2.45) is 5.92 Å². The Morgan fingerprint density at radius 2 is 0.568 bits per heavy atom. The van der Waals surface area contributed by atoms with Crippen LogP contribution >= 0.6 is 0 Å². The van der Waals surface area contributed by atoms with Gasteiger partial charge >= 0.3 is 0 Å². The standard InChI is InChI=1S/C37H74/c1-4-5-6-7-8-9-10-11-12-13-14-15-16-17-18-19-20-21-22-23-24-25-26-27-28-29-30-31-32-33-34-35-36-37(2)3/h14-15,37H,4-13,16-36H2,1-3H3. The van der Waals surface area contributed by atoms with E-state index in [1.54, 1.807) is 0 Å². The molecule has 0 atom stereocenters. The minimum atomic E-state index is 0.895. The molecule has 0 aliphatic heterocycles. The van der Waals surface area contributed by atoms with E-state index in [1.165, 1.54) is 199 Å². The molecular formula is C37H74. The second-order valence-corrected chi connectivity index (χ2v) is 12.8. The van der Waals surface area contributed by atoms with E-state index in [0.29, 0.717) is 0 Å². The highest BCUT2D eigenvalue weighted by Crippen LogP contribution is 2.16. The van der Waals surface area contributed by atoms with Crippen molar-refractivity contribution in [2.75, 3.05) is 0 Å². The third-order valence-electron chi connectivity index (χ3n) is 8.29. The van der Waals surface area contributed by atoms with Crippen molar-refractivity contribution in [3.63, 3.8) is 0 Å². The number of hydrogen-bond acceptors (Lipinski definition) is 0. The molecule has 0 aromatic rings. The van der Waals surface area contributed by atoms with Crippen molar-refractivity contribution in [3.05, 3.63) is 12.2 Å². The average Bonchev–Trinajstić information content (AvgIpc) is 2.89. The lowest BCUT2D eigenvalue weighted by Gasteiger charge is -2.05. The molecule has 0 bridgehead atoms. The van der Waals surface area contributed by atoms with Gasteiger partial charge in [0.25, 0.3) is 0 Å². The highest BCUT2D eigenvalue weighted by atomic mass is 14.0.